The molecule has 5 heteroatoms. The van der Waals surface area contributed by atoms with Crippen LogP contribution in [0.15, 0.2) is 0 Å². The first-order valence-corrected chi connectivity index (χ1v) is 10.3. The summed E-state index contributed by atoms with van der Waals surface area (Å²) < 4.78 is 0. The van der Waals surface area contributed by atoms with Gasteiger partial charge in [-0.1, -0.05) is 13.8 Å². The summed E-state index contributed by atoms with van der Waals surface area (Å²) in [6, 6.07) is 0. The van der Waals surface area contributed by atoms with E-state index in [1.807, 2.05) is 0 Å². The third-order valence-electron chi connectivity index (χ3n) is 9.31. The summed E-state index contributed by atoms with van der Waals surface area (Å²) in [6.07, 6.45) is 1.59. The number of aliphatic hydroxyl groups is 4. The molecule has 0 aromatic rings. The van der Waals surface area contributed by atoms with Gasteiger partial charge in [0, 0.05) is 11.3 Å². The molecular formula is C21H34O5. The first kappa shape index (κ1) is 18.9. The minimum Gasteiger partial charge on any atom is -0.392 e. The second kappa shape index (κ2) is 6.00. The molecule has 0 aromatic carbocycles. The fourth-order valence-corrected chi connectivity index (χ4v) is 8.06. The second-order valence-corrected chi connectivity index (χ2v) is 10.2. The highest BCUT2D eigenvalue weighted by molar-refractivity contribution is 5.80. The molecule has 0 radical (unpaired) electrons. The van der Waals surface area contributed by atoms with E-state index in [0.717, 1.165) is 25.7 Å². The van der Waals surface area contributed by atoms with Crippen LogP contribution in [0.5, 0.6) is 0 Å². The van der Waals surface area contributed by atoms with Crippen molar-refractivity contribution in [3.63, 3.8) is 0 Å². The molecule has 4 aliphatic carbocycles. The van der Waals surface area contributed by atoms with Gasteiger partial charge < -0.3 is 20.4 Å². The molecule has 4 fully saturated rings. The summed E-state index contributed by atoms with van der Waals surface area (Å²) in [4.78, 5) is 12.2. The second-order valence-electron chi connectivity index (χ2n) is 10.2. The third kappa shape index (κ3) is 2.27. The summed E-state index contributed by atoms with van der Waals surface area (Å²) in [5.41, 5.74) is -0.560. The molecule has 26 heavy (non-hydrogen) atoms. The maximum absolute atomic E-state index is 12.2. The van der Waals surface area contributed by atoms with Gasteiger partial charge in [0.25, 0.3) is 0 Å². The minimum atomic E-state index is -1.08. The first-order valence-electron chi connectivity index (χ1n) is 10.3. The highest BCUT2D eigenvalue weighted by Gasteiger charge is 2.65. The molecule has 0 heterocycles. The van der Waals surface area contributed by atoms with Gasteiger partial charge in [-0.2, -0.15) is 0 Å². The summed E-state index contributed by atoms with van der Waals surface area (Å²) in [5, 5.41) is 42.0. The van der Waals surface area contributed by atoms with Gasteiger partial charge in [-0.25, -0.2) is 0 Å². The average Bonchev–Trinajstić information content (AvgIpc) is 2.85. The Morgan fingerprint density at radius 2 is 1.62 bits per heavy atom. The van der Waals surface area contributed by atoms with Gasteiger partial charge in [-0.3, -0.25) is 4.79 Å². The van der Waals surface area contributed by atoms with Crippen molar-refractivity contribution in [2.75, 3.05) is 0 Å². The normalized spacial score (nSPS) is 59.3. The molecule has 4 rings (SSSR count). The predicted octanol–water partition coefficient (Wildman–Crippen LogP) is 1.51. The van der Waals surface area contributed by atoms with Gasteiger partial charge in [0.05, 0.1) is 18.3 Å². The first-order chi connectivity index (χ1) is 12.1. The average molecular weight is 366 g/mol. The van der Waals surface area contributed by atoms with Crippen LogP contribution in [0.25, 0.3) is 0 Å². The molecule has 11 atom stereocenters. The van der Waals surface area contributed by atoms with Crippen molar-refractivity contribution in [3.05, 3.63) is 0 Å². The number of hydrogen-bond donors (Lipinski definition) is 4. The highest BCUT2D eigenvalue weighted by atomic mass is 16.4. The van der Waals surface area contributed by atoms with Gasteiger partial charge in [0.15, 0.2) is 0 Å². The molecule has 0 aromatic heterocycles. The van der Waals surface area contributed by atoms with E-state index < -0.39 is 29.8 Å². The minimum absolute atomic E-state index is 0.0945. The number of hydrogen-bond acceptors (Lipinski definition) is 5. The molecule has 0 saturated heterocycles. The predicted molar refractivity (Wildman–Crippen MR) is 96.1 cm³/mol. The van der Waals surface area contributed by atoms with Crippen LogP contribution in [0.2, 0.25) is 0 Å². The Morgan fingerprint density at radius 1 is 0.923 bits per heavy atom. The monoisotopic (exact) mass is 366 g/mol. The Hall–Kier alpha value is -0.490. The van der Waals surface area contributed by atoms with Crippen LogP contribution >= 0.6 is 0 Å². The molecule has 0 amide bonds. The molecule has 148 valence electrons. The largest absolute Gasteiger partial charge is 0.392 e. The van der Waals surface area contributed by atoms with Crippen LogP contribution in [0.1, 0.15) is 59.3 Å². The standard InChI is InChI=1S/C21H34O5/c1-10(22)17-15(23)9-14-12-5-4-11-8-16(24)18(25)19(26)21(11,3)13(12)6-7-20(14,17)2/h11-19,23-26H,4-9H2,1-3H3/t11?,12-,13+,14+,15?,16?,17+,18?,19?,20+,21+/m1/s1. The van der Waals surface area contributed by atoms with Crippen molar-refractivity contribution in [1.82, 2.24) is 0 Å². The topological polar surface area (TPSA) is 98.0 Å². The molecule has 5 unspecified atom stereocenters. The van der Waals surface area contributed by atoms with E-state index in [2.05, 4.69) is 13.8 Å². The van der Waals surface area contributed by atoms with Crippen LogP contribution < -0.4 is 0 Å². The van der Waals surface area contributed by atoms with Gasteiger partial charge in [-0.15, -0.1) is 0 Å². The number of rotatable bonds is 1. The summed E-state index contributed by atoms with van der Waals surface area (Å²) >= 11 is 0. The van der Waals surface area contributed by atoms with Gasteiger partial charge >= 0.3 is 0 Å². The van der Waals surface area contributed by atoms with E-state index in [-0.39, 0.29) is 29.0 Å². The zero-order valence-corrected chi connectivity index (χ0v) is 16.1. The van der Waals surface area contributed by atoms with E-state index in [4.69, 9.17) is 0 Å². The number of Topliss-reactive ketones (excluding diaryl/α,β-unsaturated/α-hetero) is 1. The Balaban J connectivity index is 1.68. The number of ketones is 1. The molecule has 4 aliphatic rings. The maximum Gasteiger partial charge on any atom is 0.136 e. The van der Waals surface area contributed by atoms with Gasteiger partial charge in [0.2, 0.25) is 0 Å². The SMILES string of the molecule is CC(=O)[C@H]1C(O)C[C@H]2[C@@H]3CCC4CC(O)C(O)C(O)[C@]4(C)[C@H]3CC[C@]12C. The van der Waals surface area contributed by atoms with E-state index in [9.17, 15) is 25.2 Å². The number of carbonyl (C=O) groups is 1. The van der Waals surface area contributed by atoms with Crippen molar-refractivity contribution in [2.24, 2.45) is 40.4 Å². The van der Waals surface area contributed by atoms with Crippen LogP contribution in [0.4, 0.5) is 0 Å². The fourth-order valence-electron chi connectivity index (χ4n) is 8.06. The lowest BCUT2D eigenvalue weighted by atomic mass is 9.43. The lowest BCUT2D eigenvalue weighted by Crippen LogP contribution is -2.64. The molecule has 4 saturated carbocycles. The van der Waals surface area contributed by atoms with Gasteiger partial charge in [0.1, 0.15) is 11.9 Å². The molecular weight excluding hydrogens is 332 g/mol. The Kier molecular flexibility index (Phi) is 4.35. The quantitative estimate of drug-likeness (QED) is 0.564. The van der Waals surface area contributed by atoms with Crippen LogP contribution in [-0.4, -0.2) is 50.6 Å². The zero-order valence-electron chi connectivity index (χ0n) is 16.1. The number of carbonyl (C=O) groups excluding carboxylic acids is 1. The van der Waals surface area contributed by atoms with Crippen LogP contribution in [0.3, 0.4) is 0 Å². The third-order valence-corrected chi connectivity index (χ3v) is 9.31. The van der Waals surface area contributed by atoms with E-state index >= 15 is 0 Å². The molecule has 4 N–H and O–H groups in total. The van der Waals surface area contributed by atoms with Crippen LogP contribution in [0, 0.1) is 40.4 Å². The Bertz CT molecular complexity index is 589. The highest BCUT2D eigenvalue weighted by Crippen LogP contribution is 2.67. The molecule has 5 nitrogen and oxygen atoms in total. The Morgan fingerprint density at radius 3 is 2.27 bits per heavy atom. The molecule has 0 aliphatic heterocycles. The van der Waals surface area contributed by atoms with Crippen molar-refractivity contribution >= 4 is 5.78 Å². The zero-order chi connectivity index (χ0) is 19.0. The number of fused-ring (bicyclic) bond motifs is 5. The number of aliphatic hydroxyl groups excluding tert-OH is 4. The summed E-state index contributed by atoms with van der Waals surface area (Å²) in [5.74, 6) is 0.968. The summed E-state index contributed by atoms with van der Waals surface area (Å²) in [7, 11) is 0. The van der Waals surface area contributed by atoms with Crippen molar-refractivity contribution in [1.29, 1.82) is 0 Å². The fraction of sp³-hybridized carbons (Fsp3) is 0.952. The molecule has 0 bridgehead atoms. The van der Waals surface area contributed by atoms with Gasteiger partial charge in [-0.05, 0) is 74.5 Å². The lowest BCUT2D eigenvalue weighted by molar-refractivity contribution is -0.222. The van der Waals surface area contributed by atoms with Crippen molar-refractivity contribution < 1.29 is 25.2 Å². The smallest absolute Gasteiger partial charge is 0.136 e. The van der Waals surface area contributed by atoms with Crippen molar-refractivity contribution in [2.45, 2.75) is 83.7 Å². The lowest BCUT2D eigenvalue weighted by Gasteiger charge is -2.62. The van der Waals surface area contributed by atoms with Crippen molar-refractivity contribution in [3.8, 4) is 0 Å². The van der Waals surface area contributed by atoms with Crippen LogP contribution in [-0.2, 0) is 4.79 Å². The maximum atomic E-state index is 12.2. The van der Waals surface area contributed by atoms with E-state index in [1.54, 1.807) is 6.92 Å². The van der Waals surface area contributed by atoms with E-state index in [0.29, 0.717) is 24.7 Å². The molecule has 0 spiro atoms. The Labute approximate surface area is 155 Å². The summed E-state index contributed by atoms with van der Waals surface area (Å²) in [6.45, 7) is 5.89. The van der Waals surface area contributed by atoms with E-state index in [1.165, 1.54) is 0 Å².